The maximum atomic E-state index is 5.74. The molecule has 0 saturated heterocycles. The Hall–Kier alpha value is -1.33. The minimum atomic E-state index is 0.266. The van der Waals surface area contributed by atoms with E-state index in [0.29, 0.717) is 17.4 Å². The molecule has 6 heteroatoms. The van der Waals surface area contributed by atoms with Crippen molar-refractivity contribution >= 4 is 23.3 Å². The second-order valence-corrected chi connectivity index (χ2v) is 3.53. The van der Waals surface area contributed by atoms with Crippen molar-refractivity contribution in [3.05, 3.63) is 29.4 Å². The first kappa shape index (κ1) is 10.2. The van der Waals surface area contributed by atoms with Crippen LogP contribution in [0, 0.1) is 0 Å². The normalized spacial score (nSPS) is 10.0. The summed E-state index contributed by atoms with van der Waals surface area (Å²) in [6.45, 7) is 0. The first-order valence-electron chi connectivity index (χ1n) is 4.09. The van der Waals surface area contributed by atoms with Gasteiger partial charge in [0.25, 0.3) is 5.88 Å². The van der Waals surface area contributed by atoms with Gasteiger partial charge in [0.2, 0.25) is 5.15 Å². The maximum Gasteiger partial charge on any atom is 0.270 e. The Balaban J connectivity index is 2.21. The SMILES string of the molecule is COc1cccc(Oc2nsnc2Cl)c1. The van der Waals surface area contributed by atoms with Gasteiger partial charge in [-0.05, 0) is 12.1 Å². The van der Waals surface area contributed by atoms with Gasteiger partial charge in [0, 0.05) is 6.07 Å². The second-order valence-electron chi connectivity index (χ2n) is 2.64. The molecule has 0 spiro atoms. The predicted octanol–water partition coefficient (Wildman–Crippen LogP) is 2.99. The standard InChI is InChI=1S/C9H7ClN2O2S/c1-13-6-3-2-4-7(5-6)14-9-8(10)11-15-12-9/h2-5H,1H3. The molecule has 2 rings (SSSR count). The van der Waals surface area contributed by atoms with Crippen molar-refractivity contribution in [3.8, 4) is 17.4 Å². The summed E-state index contributed by atoms with van der Waals surface area (Å²) in [6.07, 6.45) is 0. The zero-order chi connectivity index (χ0) is 10.7. The minimum Gasteiger partial charge on any atom is -0.497 e. The largest absolute Gasteiger partial charge is 0.497 e. The summed E-state index contributed by atoms with van der Waals surface area (Å²) in [7, 11) is 1.59. The van der Waals surface area contributed by atoms with Gasteiger partial charge in [-0.15, -0.1) is 4.37 Å². The van der Waals surface area contributed by atoms with Crippen molar-refractivity contribution in [3.63, 3.8) is 0 Å². The topological polar surface area (TPSA) is 44.2 Å². The fraction of sp³-hybridized carbons (Fsp3) is 0.111. The lowest BCUT2D eigenvalue weighted by molar-refractivity contribution is 0.408. The van der Waals surface area contributed by atoms with Gasteiger partial charge < -0.3 is 9.47 Å². The molecule has 0 N–H and O–H groups in total. The molecule has 1 heterocycles. The summed E-state index contributed by atoms with van der Waals surface area (Å²) in [4.78, 5) is 0. The smallest absolute Gasteiger partial charge is 0.270 e. The summed E-state index contributed by atoms with van der Waals surface area (Å²) in [5.74, 6) is 1.64. The molecule has 1 aromatic heterocycles. The number of hydrogen-bond acceptors (Lipinski definition) is 5. The van der Waals surface area contributed by atoms with Gasteiger partial charge in [-0.3, -0.25) is 0 Å². The lowest BCUT2D eigenvalue weighted by Gasteiger charge is -2.04. The molecule has 0 atom stereocenters. The summed E-state index contributed by atoms with van der Waals surface area (Å²) >= 11 is 6.75. The molecule has 0 bridgehead atoms. The summed E-state index contributed by atoms with van der Waals surface area (Å²) in [5, 5.41) is 0.266. The van der Waals surface area contributed by atoms with E-state index < -0.39 is 0 Å². The molecule has 4 nitrogen and oxygen atoms in total. The number of ether oxygens (including phenoxy) is 2. The van der Waals surface area contributed by atoms with Crippen LogP contribution in [-0.4, -0.2) is 15.9 Å². The Bertz CT molecular complexity index is 461. The van der Waals surface area contributed by atoms with Gasteiger partial charge in [0.15, 0.2) is 0 Å². The number of benzene rings is 1. The molecule has 2 aromatic rings. The van der Waals surface area contributed by atoms with Crippen LogP contribution in [0.5, 0.6) is 17.4 Å². The number of nitrogens with zero attached hydrogens (tertiary/aromatic N) is 2. The van der Waals surface area contributed by atoms with Crippen molar-refractivity contribution in [2.24, 2.45) is 0 Å². The highest BCUT2D eigenvalue weighted by atomic mass is 35.5. The Morgan fingerprint density at radius 3 is 2.73 bits per heavy atom. The Labute approximate surface area is 95.7 Å². The van der Waals surface area contributed by atoms with Crippen molar-refractivity contribution in [1.82, 2.24) is 8.75 Å². The summed E-state index contributed by atoms with van der Waals surface area (Å²) in [6, 6.07) is 7.18. The van der Waals surface area contributed by atoms with Crippen LogP contribution in [0.15, 0.2) is 24.3 Å². The number of rotatable bonds is 3. The fourth-order valence-corrected chi connectivity index (χ4v) is 1.62. The van der Waals surface area contributed by atoms with Crippen molar-refractivity contribution < 1.29 is 9.47 Å². The summed E-state index contributed by atoms with van der Waals surface area (Å²) < 4.78 is 18.2. The van der Waals surface area contributed by atoms with E-state index >= 15 is 0 Å². The van der Waals surface area contributed by atoms with E-state index in [0.717, 1.165) is 11.7 Å². The number of methoxy groups -OCH3 is 1. The van der Waals surface area contributed by atoms with Crippen molar-refractivity contribution in [1.29, 1.82) is 0 Å². The van der Waals surface area contributed by atoms with Crippen LogP contribution in [-0.2, 0) is 0 Å². The molecule has 0 aliphatic rings. The lowest BCUT2D eigenvalue weighted by atomic mass is 10.3. The van der Waals surface area contributed by atoms with E-state index in [9.17, 15) is 0 Å². The second kappa shape index (κ2) is 4.46. The highest BCUT2D eigenvalue weighted by molar-refractivity contribution is 6.99. The molecule has 0 amide bonds. The average molecular weight is 243 g/mol. The lowest BCUT2D eigenvalue weighted by Crippen LogP contribution is -1.86. The first-order chi connectivity index (χ1) is 7.29. The van der Waals surface area contributed by atoms with Crippen LogP contribution in [0.2, 0.25) is 5.15 Å². The molecule has 1 aromatic carbocycles. The van der Waals surface area contributed by atoms with E-state index in [1.54, 1.807) is 19.2 Å². The molecular weight excluding hydrogens is 236 g/mol. The van der Waals surface area contributed by atoms with Crippen LogP contribution in [0.25, 0.3) is 0 Å². The van der Waals surface area contributed by atoms with Gasteiger partial charge in [-0.1, -0.05) is 17.7 Å². The summed E-state index contributed by atoms with van der Waals surface area (Å²) in [5.41, 5.74) is 0. The van der Waals surface area contributed by atoms with Crippen LogP contribution in [0.3, 0.4) is 0 Å². The van der Waals surface area contributed by atoms with Crippen molar-refractivity contribution in [2.45, 2.75) is 0 Å². The molecule has 0 saturated carbocycles. The monoisotopic (exact) mass is 242 g/mol. The molecule has 0 radical (unpaired) electrons. The van der Waals surface area contributed by atoms with Crippen LogP contribution in [0.1, 0.15) is 0 Å². The highest BCUT2D eigenvalue weighted by Gasteiger charge is 2.07. The minimum absolute atomic E-state index is 0.266. The van der Waals surface area contributed by atoms with E-state index in [4.69, 9.17) is 21.1 Å². The number of halogens is 1. The number of aromatic nitrogens is 2. The van der Waals surface area contributed by atoms with Crippen LogP contribution < -0.4 is 9.47 Å². The molecule has 78 valence electrons. The fourth-order valence-electron chi connectivity index (χ4n) is 1.01. The Morgan fingerprint density at radius 1 is 1.27 bits per heavy atom. The third kappa shape index (κ3) is 2.37. The molecule has 0 unspecified atom stereocenters. The first-order valence-corrected chi connectivity index (χ1v) is 5.20. The van der Waals surface area contributed by atoms with Crippen LogP contribution >= 0.6 is 23.3 Å². The van der Waals surface area contributed by atoms with E-state index in [1.807, 2.05) is 12.1 Å². The third-order valence-electron chi connectivity index (χ3n) is 1.68. The molecular formula is C9H7ClN2O2S. The third-order valence-corrected chi connectivity index (χ3v) is 2.54. The average Bonchev–Trinajstić information content (AvgIpc) is 2.65. The molecule has 0 aliphatic carbocycles. The van der Waals surface area contributed by atoms with Gasteiger partial charge in [-0.2, -0.15) is 4.37 Å². The molecule has 0 aliphatic heterocycles. The van der Waals surface area contributed by atoms with Gasteiger partial charge in [-0.25, -0.2) is 0 Å². The number of hydrogen-bond donors (Lipinski definition) is 0. The van der Waals surface area contributed by atoms with E-state index in [1.165, 1.54) is 0 Å². The van der Waals surface area contributed by atoms with E-state index in [2.05, 4.69) is 8.75 Å². The van der Waals surface area contributed by atoms with Crippen LogP contribution in [0.4, 0.5) is 0 Å². The predicted molar refractivity (Wildman–Crippen MR) is 58.0 cm³/mol. The van der Waals surface area contributed by atoms with Gasteiger partial charge >= 0.3 is 0 Å². The maximum absolute atomic E-state index is 5.74. The Morgan fingerprint density at radius 2 is 2.07 bits per heavy atom. The molecule has 15 heavy (non-hydrogen) atoms. The van der Waals surface area contributed by atoms with Gasteiger partial charge in [0.1, 0.15) is 11.5 Å². The molecule has 0 fully saturated rings. The van der Waals surface area contributed by atoms with Gasteiger partial charge in [0.05, 0.1) is 18.8 Å². The zero-order valence-electron chi connectivity index (χ0n) is 7.81. The quantitative estimate of drug-likeness (QED) is 0.830. The van der Waals surface area contributed by atoms with Crippen molar-refractivity contribution in [2.75, 3.05) is 7.11 Å². The van der Waals surface area contributed by atoms with E-state index in [-0.39, 0.29) is 5.15 Å². The Kier molecular flexibility index (Phi) is 3.03. The zero-order valence-corrected chi connectivity index (χ0v) is 9.38. The highest BCUT2D eigenvalue weighted by Crippen LogP contribution is 2.28.